The quantitative estimate of drug-likeness (QED) is 0.819. The SMILES string of the molecule is c1csc(-c2csc(CNCC3CC4CCC3C4)c2)c1. The van der Waals surface area contributed by atoms with E-state index in [1.54, 1.807) is 0 Å². The largest absolute Gasteiger partial charge is 0.312 e. The zero-order chi connectivity index (χ0) is 13.4. The molecule has 3 heteroatoms. The lowest BCUT2D eigenvalue weighted by atomic mass is 9.89. The van der Waals surface area contributed by atoms with E-state index in [-0.39, 0.29) is 0 Å². The van der Waals surface area contributed by atoms with Gasteiger partial charge < -0.3 is 5.32 Å². The molecule has 1 nitrogen and oxygen atoms in total. The molecule has 2 saturated carbocycles. The Morgan fingerprint density at radius 2 is 2.20 bits per heavy atom. The third-order valence-corrected chi connectivity index (χ3v) is 6.91. The van der Waals surface area contributed by atoms with Gasteiger partial charge in [-0.25, -0.2) is 0 Å². The van der Waals surface area contributed by atoms with Crippen molar-refractivity contribution >= 4 is 22.7 Å². The second kappa shape index (κ2) is 5.63. The average Bonchev–Trinajstić information content (AvgIpc) is 3.23. The van der Waals surface area contributed by atoms with Crippen molar-refractivity contribution in [2.45, 2.75) is 32.2 Å². The van der Waals surface area contributed by atoms with Gasteiger partial charge in [-0.2, -0.15) is 0 Å². The van der Waals surface area contributed by atoms with E-state index < -0.39 is 0 Å². The molecule has 2 bridgehead atoms. The molecule has 0 amide bonds. The Labute approximate surface area is 129 Å². The number of thiophene rings is 2. The third kappa shape index (κ3) is 2.59. The van der Waals surface area contributed by atoms with E-state index in [1.807, 2.05) is 22.7 Å². The fraction of sp³-hybridized carbons (Fsp3) is 0.529. The van der Waals surface area contributed by atoms with Crippen LogP contribution in [0.5, 0.6) is 0 Å². The fourth-order valence-electron chi connectivity index (χ4n) is 4.05. The molecule has 20 heavy (non-hydrogen) atoms. The first kappa shape index (κ1) is 13.1. The zero-order valence-electron chi connectivity index (χ0n) is 11.7. The lowest BCUT2D eigenvalue weighted by Gasteiger charge is -2.21. The van der Waals surface area contributed by atoms with Crippen LogP contribution < -0.4 is 5.32 Å². The number of fused-ring (bicyclic) bond motifs is 2. The Bertz CT molecular complexity index is 557. The number of rotatable bonds is 5. The van der Waals surface area contributed by atoms with E-state index in [1.165, 1.54) is 47.5 Å². The summed E-state index contributed by atoms with van der Waals surface area (Å²) >= 11 is 3.72. The molecule has 0 aliphatic heterocycles. The first-order chi connectivity index (χ1) is 9.88. The summed E-state index contributed by atoms with van der Waals surface area (Å²) < 4.78 is 0. The number of hydrogen-bond acceptors (Lipinski definition) is 3. The Morgan fingerprint density at radius 3 is 2.95 bits per heavy atom. The van der Waals surface area contributed by atoms with Gasteiger partial charge in [0.2, 0.25) is 0 Å². The maximum atomic E-state index is 3.70. The molecule has 2 aromatic heterocycles. The summed E-state index contributed by atoms with van der Waals surface area (Å²) in [6, 6.07) is 6.69. The van der Waals surface area contributed by atoms with Gasteiger partial charge in [0.25, 0.3) is 0 Å². The lowest BCUT2D eigenvalue weighted by Crippen LogP contribution is -2.25. The highest BCUT2D eigenvalue weighted by molar-refractivity contribution is 7.14. The summed E-state index contributed by atoms with van der Waals surface area (Å²) in [5.74, 6) is 3.07. The fourth-order valence-corrected chi connectivity index (χ4v) is 5.70. The minimum atomic E-state index is 0.963. The first-order valence-electron chi connectivity index (χ1n) is 7.70. The zero-order valence-corrected chi connectivity index (χ0v) is 13.3. The molecule has 2 aromatic rings. The summed E-state index contributed by atoms with van der Waals surface area (Å²) in [5.41, 5.74) is 1.39. The Balaban J connectivity index is 1.30. The first-order valence-corrected chi connectivity index (χ1v) is 9.46. The molecule has 106 valence electrons. The molecule has 4 rings (SSSR count). The minimum Gasteiger partial charge on any atom is -0.312 e. The highest BCUT2D eigenvalue weighted by atomic mass is 32.1. The molecule has 0 radical (unpaired) electrons. The highest BCUT2D eigenvalue weighted by Crippen LogP contribution is 2.47. The van der Waals surface area contributed by atoms with E-state index in [2.05, 4.69) is 34.3 Å². The molecule has 0 spiro atoms. The summed E-state index contributed by atoms with van der Waals surface area (Å²) in [4.78, 5) is 2.86. The van der Waals surface area contributed by atoms with Crippen molar-refractivity contribution in [3.8, 4) is 10.4 Å². The van der Waals surface area contributed by atoms with Gasteiger partial charge in [-0.05, 0) is 66.5 Å². The lowest BCUT2D eigenvalue weighted by molar-refractivity contribution is 0.319. The molecule has 1 N–H and O–H groups in total. The van der Waals surface area contributed by atoms with Gasteiger partial charge >= 0.3 is 0 Å². The van der Waals surface area contributed by atoms with Crippen LogP contribution in [0.1, 0.15) is 30.6 Å². The van der Waals surface area contributed by atoms with Crippen LogP contribution in [0.2, 0.25) is 0 Å². The van der Waals surface area contributed by atoms with Crippen LogP contribution in [0.15, 0.2) is 29.0 Å². The second-order valence-electron chi connectivity index (χ2n) is 6.34. The Kier molecular flexibility index (Phi) is 3.67. The van der Waals surface area contributed by atoms with E-state index in [0.29, 0.717) is 0 Å². The van der Waals surface area contributed by atoms with Crippen molar-refractivity contribution in [2.24, 2.45) is 17.8 Å². The van der Waals surface area contributed by atoms with Gasteiger partial charge in [-0.1, -0.05) is 12.5 Å². The van der Waals surface area contributed by atoms with Gasteiger partial charge in [0.1, 0.15) is 0 Å². The minimum absolute atomic E-state index is 0.963. The van der Waals surface area contributed by atoms with Crippen LogP contribution in [0.3, 0.4) is 0 Å². The summed E-state index contributed by atoms with van der Waals surface area (Å²) in [7, 11) is 0. The van der Waals surface area contributed by atoms with Crippen molar-refractivity contribution in [3.05, 3.63) is 33.8 Å². The predicted molar refractivity (Wildman–Crippen MR) is 88.3 cm³/mol. The van der Waals surface area contributed by atoms with Crippen molar-refractivity contribution in [1.82, 2.24) is 5.32 Å². The molecule has 0 aromatic carbocycles. The second-order valence-corrected chi connectivity index (χ2v) is 8.29. The van der Waals surface area contributed by atoms with E-state index in [0.717, 1.165) is 24.3 Å². The van der Waals surface area contributed by atoms with Crippen molar-refractivity contribution in [1.29, 1.82) is 0 Å². The van der Waals surface area contributed by atoms with Gasteiger partial charge in [0.05, 0.1) is 0 Å². The van der Waals surface area contributed by atoms with Crippen molar-refractivity contribution in [2.75, 3.05) is 6.54 Å². The molecule has 2 fully saturated rings. The van der Waals surface area contributed by atoms with Crippen LogP contribution in [-0.4, -0.2) is 6.54 Å². The Hall–Kier alpha value is -0.640. The van der Waals surface area contributed by atoms with Crippen LogP contribution >= 0.6 is 22.7 Å². The molecule has 2 aliphatic carbocycles. The van der Waals surface area contributed by atoms with Crippen LogP contribution in [0, 0.1) is 17.8 Å². The predicted octanol–water partition coefficient (Wildman–Crippen LogP) is 5.00. The maximum Gasteiger partial charge on any atom is 0.0351 e. The summed E-state index contributed by atoms with van der Waals surface area (Å²) in [6.45, 7) is 2.28. The molecular formula is C17H21NS2. The molecule has 0 saturated heterocycles. The van der Waals surface area contributed by atoms with Gasteiger partial charge in [0.15, 0.2) is 0 Å². The van der Waals surface area contributed by atoms with Crippen LogP contribution in [0.4, 0.5) is 0 Å². The summed E-state index contributed by atoms with van der Waals surface area (Å²) in [5, 5.41) is 8.15. The highest BCUT2D eigenvalue weighted by Gasteiger charge is 2.38. The number of nitrogens with one attached hydrogen (secondary N) is 1. The van der Waals surface area contributed by atoms with Crippen molar-refractivity contribution < 1.29 is 0 Å². The molecule has 3 atom stereocenters. The van der Waals surface area contributed by atoms with E-state index in [9.17, 15) is 0 Å². The summed E-state index contributed by atoms with van der Waals surface area (Å²) in [6.07, 6.45) is 6.02. The van der Waals surface area contributed by atoms with Gasteiger partial charge in [-0.3, -0.25) is 0 Å². The van der Waals surface area contributed by atoms with Crippen LogP contribution in [-0.2, 0) is 6.54 Å². The maximum absolute atomic E-state index is 3.70. The average molecular weight is 303 g/mol. The van der Waals surface area contributed by atoms with Gasteiger partial charge in [-0.15, -0.1) is 22.7 Å². The molecule has 3 unspecified atom stereocenters. The standard InChI is InChI=1S/C17H21NS2/c1-2-17(19-5-1)15-8-16(20-11-15)10-18-9-14-7-12-3-4-13(14)6-12/h1-2,5,8,11-14,18H,3-4,6-7,9-10H2. The Morgan fingerprint density at radius 1 is 1.20 bits per heavy atom. The van der Waals surface area contributed by atoms with Crippen LogP contribution in [0.25, 0.3) is 10.4 Å². The molecule has 2 heterocycles. The third-order valence-electron chi connectivity index (χ3n) is 5.05. The molecule has 2 aliphatic rings. The topological polar surface area (TPSA) is 12.0 Å². The monoisotopic (exact) mass is 303 g/mol. The molecular weight excluding hydrogens is 282 g/mol. The van der Waals surface area contributed by atoms with E-state index in [4.69, 9.17) is 0 Å². The van der Waals surface area contributed by atoms with Gasteiger partial charge in [0, 0.05) is 21.9 Å². The normalized spacial score (nSPS) is 28.3. The smallest absolute Gasteiger partial charge is 0.0351 e. The van der Waals surface area contributed by atoms with E-state index >= 15 is 0 Å². The number of hydrogen-bond donors (Lipinski definition) is 1. The van der Waals surface area contributed by atoms with Crippen molar-refractivity contribution in [3.63, 3.8) is 0 Å².